The summed E-state index contributed by atoms with van der Waals surface area (Å²) >= 11 is 1.12. The summed E-state index contributed by atoms with van der Waals surface area (Å²) in [7, 11) is 1.46. The summed E-state index contributed by atoms with van der Waals surface area (Å²) in [6.07, 6.45) is 0.191. The number of rotatable bonds is 10. The molecule has 7 nitrogen and oxygen atoms in total. The van der Waals surface area contributed by atoms with E-state index < -0.39 is 17.9 Å². The first-order chi connectivity index (χ1) is 11.4. The molecule has 0 aliphatic rings. The Hall–Kier alpha value is -2.06. The molecule has 0 spiro atoms. The minimum absolute atomic E-state index is 0.0120. The van der Waals surface area contributed by atoms with Gasteiger partial charge in [0.05, 0.1) is 11.5 Å². The number of amides is 2. The molecule has 0 saturated heterocycles. The monoisotopic (exact) mass is 354 g/mol. The molecule has 8 heteroatoms. The summed E-state index contributed by atoms with van der Waals surface area (Å²) in [5, 5.41) is 14.1. The Kier molecular flexibility index (Phi) is 8.88. The number of hydrogen-bond acceptors (Lipinski definition) is 5. The van der Waals surface area contributed by atoms with Gasteiger partial charge in [-0.3, -0.25) is 9.59 Å². The number of aliphatic carboxylic acids is 1. The van der Waals surface area contributed by atoms with Gasteiger partial charge in [-0.05, 0) is 19.1 Å². The van der Waals surface area contributed by atoms with Gasteiger partial charge in [0.25, 0.3) is 0 Å². The van der Waals surface area contributed by atoms with Crippen LogP contribution in [0, 0.1) is 6.92 Å². The van der Waals surface area contributed by atoms with Gasteiger partial charge >= 0.3 is 5.97 Å². The first kappa shape index (κ1) is 20.0. The highest BCUT2D eigenvalue weighted by Crippen LogP contribution is 2.09. The van der Waals surface area contributed by atoms with Crippen LogP contribution in [0.25, 0.3) is 0 Å². The average molecular weight is 354 g/mol. The summed E-state index contributed by atoms with van der Waals surface area (Å²) in [6, 6.07) is 6.40. The van der Waals surface area contributed by atoms with Crippen LogP contribution in [-0.2, 0) is 19.1 Å². The third kappa shape index (κ3) is 7.98. The number of anilines is 1. The molecule has 0 aliphatic heterocycles. The molecular formula is C16H22N2O5S. The second-order valence-corrected chi connectivity index (χ2v) is 6.13. The molecule has 0 aromatic heterocycles. The number of carbonyl (C=O) groups excluding carboxylic acids is 2. The predicted octanol–water partition coefficient (Wildman–Crippen LogP) is 1.27. The largest absolute Gasteiger partial charge is 0.480 e. The molecule has 1 unspecified atom stereocenters. The Bertz CT molecular complexity index is 562. The van der Waals surface area contributed by atoms with Gasteiger partial charge in [0.2, 0.25) is 11.8 Å². The zero-order chi connectivity index (χ0) is 17.9. The molecule has 0 fully saturated rings. The smallest absolute Gasteiger partial charge is 0.326 e. The third-order valence-corrected chi connectivity index (χ3v) is 3.98. The molecule has 1 rings (SSSR count). The molecule has 0 aliphatic carbocycles. The standard InChI is InChI=1S/C16H22N2O5S/c1-11-3-5-12(6-4-11)17-14(19)9-24-10-15(20)18-13(16(21)22)7-8-23-2/h3-6,13H,7-10H2,1-2H3,(H,17,19)(H,18,20)(H,21,22). The Morgan fingerprint density at radius 1 is 1.17 bits per heavy atom. The maximum Gasteiger partial charge on any atom is 0.326 e. The maximum atomic E-state index is 11.8. The van der Waals surface area contributed by atoms with Crippen LogP contribution in [0.1, 0.15) is 12.0 Å². The van der Waals surface area contributed by atoms with Crippen LogP contribution in [0.3, 0.4) is 0 Å². The van der Waals surface area contributed by atoms with Crippen LogP contribution in [0.15, 0.2) is 24.3 Å². The fourth-order valence-electron chi connectivity index (χ4n) is 1.80. The van der Waals surface area contributed by atoms with Crippen LogP contribution >= 0.6 is 11.8 Å². The van der Waals surface area contributed by atoms with Gasteiger partial charge in [0, 0.05) is 25.8 Å². The lowest BCUT2D eigenvalue weighted by Gasteiger charge is -2.13. The molecule has 2 amide bonds. The molecule has 0 bridgehead atoms. The number of carbonyl (C=O) groups is 3. The second-order valence-electron chi connectivity index (χ2n) is 5.15. The van der Waals surface area contributed by atoms with E-state index in [0.29, 0.717) is 5.69 Å². The molecule has 132 valence electrons. The quantitative estimate of drug-likeness (QED) is 0.584. The van der Waals surface area contributed by atoms with Crippen LogP contribution in [0.2, 0.25) is 0 Å². The minimum Gasteiger partial charge on any atom is -0.480 e. The van der Waals surface area contributed by atoms with Crippen molar-refractivity contribution in [3.63, 3.8) is 0 Å². The molecule has 0 radical (unpaired) electrons. The highest BCUT2D eigenvalue weighted by atomic mass is 32.2. The van der Waals surface area contributed by atoms with Gasteiger partial charge in [-0.25, -0.2) is 4.79 Å². The topological polar surface area (TPSA) is 105 Å². The summed E-state index contributed by atoms with van der Waals surface area (Å²) in [5.74, 6) is -1.63. The van der Waals surface area contributed by atoms with E-state index in [1.807, 2.05) is 19.1 Å². The fourth-order valence-corrected chi connectivity index (χ4v) is 2.43. The molecule has 1 atom stereocenters. The van der Waals surface area contributed by atoms with E-state index in [4.69, 9.17) is 9.84 Å². The van der Waals surface area contributed by atoms with Crippen LogP contribution in [0.4, 0.5) is 5.69 Å². The van der Waals surface area contributed by atoms with Crippen molar-refractivity contribution in [2.24, 2.45) is 0 Å². The summed E-state index contributed by atoms with van der Waals surface area (Å²) < 4.78 is 4.81. The van der Waals surface area contributed by atoms with Gasteiger partial charge in [-0.1, -0.05) is 17.7 Å². The summed E-state index contributed by atoms with van der Waals surface area (Å²) in [5.41, 5.74) is 1.79. The third-order valence-electron chi connectivity index (χ3n) is 3.05. The van der Waals surface area contributed by atoms with Crippen molar-refractivity contribution in [1.82, 2.24) is 5.32 Å². The predicted molar refractivity (Wildman–Crippen MR) is 93.2 cm³/mol. The number of carboxylic acid groups (broad SMARTS) is 1. The molecule has 1 aromatic rings. The van der Waals surface area contributed by atoms with E-state index in [9.17, 15) is 14.4 Å². The molecule has 24 heavy (non-hydrogen) atoms. The fraction of sp³-hybridized carbons (Fsp3) is 0.438. The Balaban J connectivity index is 2.29. The molecule has 0 saturated carbocycles. The number of benzene rings is 1. The van der Waals surface area contributed by atoms with Gasteiger partial charge in [0.15, 0.2) is 0 Å². The van der Waals surface area contributed by atoms with E-state index >= 15 is 0 Å². The van der Waals surface area contributed by atoms with Gasteiger partial charge in [0.1, 0.15) is 6.04 Å². The second kappa shape index (κ2) is 10.7. The SMILES string of the molecule is COCCC(NC(=O)CSCC(=O)Nc1ccc(C)cc1)C(=O)O. The van der Waals surface area contributed by atoms with Crippen molar-refractivity contribution >= 4 is 35.2 Å². The first-order valence-electron chi connectivity index (χ1n) is 7.37. The number of ether oxygens (including phenoxy) is 1. The number of carboxylic acids is 1. The number of nitrogens with one attached hydrogen (secondary N) is 2. The van der Waals surface area contributed by atoms with Crippen LogP contribution in [0.5, 0.6) is 0 Å². The lowest BCUT2D eigenvalue weighted by atomic mass is 10.2. The lowest BCUT2D eigenvalue weighted by Crippen LogP contribution is -2.42. The number of hydrogen-bond donors (Lipinski definition) is 3. The van der Waals surface area contributed by atoms with E-state index in [0.717, 1.165) is 17.3 Å². The highest BCUT2D eigenvalue weighted by molar-refractivity contribution is 8.00. The first-order valence-corrected chi connectivity index (χ1v) is 8.53. The van der Waals surface area contributed by atoms with E-state index in [2.05, 4.69) is 10.6 Å². The molecule has 0 heterocycles. The van der Waals surface area contributed by atoms with Crippen molar-refractivity contribution in [3.8, 4) is 0 Å². The number of methoxy groups -OCH3 is 1. The Morgan fingerprint density at radius 2 is 1.79 bits per heavy atom. The molecular weight excluding hydrogens is 332 g/mol. The van der Waals surface area contributed by atoms with Crippen LogP contribution < -0.4 is 10.6 Å². The normalized spacial score (nSPS) is 11.6. The molecule has 1 aromatic carbocycles. The zero-order valence-electron chi connectivity index (χ0n) is 13.7. The Labute approximate surface area is 145 Å². The van der Waals surface area contributed by atoms with Crippen molar-refractivity contribution in [3.05, 3.63) is 29.8 Å². The highest BCUT2D eigenvalue weighted by Gasteiger charge is 2.19. The van der Waals surface area contributed by atoms with Crippen molar-refractivity contribution < 1.29 is 24.2 Å². The summed E-state index contributed by atoms with van der Waals surface area (Å²) in [6.45, 7) is 2.19. The summed E-state index contributed by atoms with van der Waals surface area (Å²) in [4.78, 5) is 34.5. The van der Waals surface area contributed by atoms with Crippen molar-refractivity contribution in [2.75, 3.05) is 30.5 Å². The van der Waals surface area contributed by atoms with Gasteiger partial charge in [-0.2, -0.15) is 0 Å². The van der Waals surface area contributed by atoms with Gasteiger partial charge < -0.3 is 20.5 Å². The molecule has 3 N–H and O–H groups in total. The lowest BCUT2D eigenvalue weighted by molar-refractivity contribution is -0.142. The minimum atomic E-state index is -1.11. The van der Waals surface area contributed by atoms with E-state index in [1.54, 1.807) is 12.1 Å². The average Bonchev–Trinajstić information content (AvgIpc) is 2.53. The van der Waals surface area contributed by atoms with Crippen LogP contribution in [-0.4, -0.2) is 54.2 Å². The van der Waals surface area contributed by atoms with E-state index in [-0.39, 0.29) is 30.4 Å². The van der Waals surface area contributed by atoms with Gasteiger partial charge in [-0.15, -0.1) is 11.8 Å². The Morgan fingerprint density at radius 3 is 2.38 bits per heavy atom. The number of aryl methyl sites for hydroxylation is 1. The van der Waals surface area contributed by atoms with Crippen molar-refractivity contribution in [2.45, 2.75) is 19.4 Å². The van der Waals surface area contributed by atoms with E-state index in [1.165, 1.54) is 7.11 Å². The van der Waals surface area contributed by atoms with Crippen molar-refractivity contribution in [1.29, 1.82) is 0 Å². The maximum absolute atomic E-state index is 11.8. The zero-order valence-corrected chi connectivity index (χ0v) is 14.5. The number of thioether (sulfide) groups is 1.